The molecule has 0 radical (unpaired) electrons. The monoisotopic (exact) mass is 463 g/mol. The van der Waals surface area contributed by atoms with Crippen LogP contribution >= 0.6 is 23.2 Å². The number of benzene rings is 2. The van der Waals surface area contributed by atoms with E-state index in [0.717, 1.165) is 23.1 Å². The van der Waals surface area contributed by atoms with Crippen LogP contribution in [0, 0.1) is 0 Å². The Hall–Kier alpha value is -2.21. The van der Waals surface area contributed by atoms with Crippen LogP contribution in [-0.2, 0) is 16.1 Å². The van der Waals surface area contributed by atoms with Crippen LogP contribution in [0.1, 0.15) is 24.0 Å². The number of carbonyl (C=O) groups excluding carboxylic acids is 1. The highest BCUT2D eigenvalue weighted by atomic mass is 35.5. The summed E-state index contributed by atoms with van der Waals surface area (Å²) in [7, 11) is 4.92. The molecule has 166 valence electrons. The fourth-order valence-corrected chi connectivity index (χ4v) is 4.10. The maximum Gasteiger partial charge on any atom is 0.256 e. The van der Waals surface area contributed by atoms with E-state index in [1.807, 2.05) is 48.5 Å². The molecule has 0 saturated heterocycles. The number of methoxy groups -OCH3 is 2. The van der Waals surface area contributed by atoms with E-state index >= 15 is 0 Å². The molecule has 0 spiro atoms. The molecule has 7 heteroatoms. The Kier molecular flexibility index (Phi) is 8.24. The number of alkyl halides is 2. The van der Waals surface area contributed by atoms with Crippen LogP contribution in [0.15, 0.2) is 54.6 Å². The molecule has 2 aromatic carbocycles. The normalized spacial score (nSPS) is 18.5. The van der Waals surface area contributed by atoms with Crippen LogP contribution in [-0.4, -0.2) is 49.1 Å². The smallest absolute Gasteiger partial charge is 0.256 e. The number of likely N-dealkylation sites (N-methyl/N-ethyl adjacent to an activating group) is 1. The summed E-state index contributed by atoms with van der Waals surface area (Å²) in [6.07, 6.45) is 3.45. The van der Waals surface area contributed by atoms with Crippen molar-refractivity contribution < 1.29 is 19.0 Å². The van der Waals surface area contributed by atoms with Gasteiger partial charge in [-0.05, 0) is 41.7 Å². The van der Waals surface area contributed by atoms with Gasteiger partial charge in [0, 0.05) is 7.05 Å². The largest absolute Gasteiger partial charge is 0.493 e. The van der Waals surface area contributed by atoms with E-state index in [0.29, 0.717) is 24.5 Å². The Labute approximate surface area is 193 Å². The highest BCUT2D eigenvalue weighted by molar-refractivity contribution is 6.53. The van der Waals surface area contributed by atoms with Gasteiger partial charge in [0.2, 0.25) is 0 Å². The average Bonchev–Trinajstić information content (AvgIpc) is 2.81. The van der Waals surface area contributed by atoms with Crippen molar-refractivity contribution in [2.45, 2.75) is 36.4 Å². The number of amides is 1. The summed E-state index contributed by atoms with van der Waals surface area (Å²) in [5, 5.41) is 0. The van der Waals surface area contributed by atoms with Gasteiger partial charge in [-0.15, -0.1) is 0 Å². The standard InChI is InChI=1S/C24H27Cl2NO4/c1-27(24(28)23(25)26)20-14-18(31-15-16-7-5-4-6-8-16)10-11-19(20)17-9-12-21(29-2)22(13-17)30-3/h4-9,11-13,18,20,23H,10,14-15H2,1-3H3/t18-,20+/m1/s1. The first-order valence-corrected chi connectivity index (χ1v) is 10.9. The zero-order valence-electron chi connectivity index (χ0n) is 17.9. The van der Waals surface area contributed by atoms with Crippen LogP contribution in [0.5, 0.6) is 11.5 Å². The van der Waals surface area contributed by atoms with Gasteiger partial charge in [0.25, 0.3) is 5.91 Å². The second kappa shape index (κ2) is 10.9. The van der Waals surface area contributed by atoms with Crippen LogP contribution in [0.2, 0.25) is 0 Å². The SMILES string of the molecule is COc1ccc(C2=CC[C@@H](OCc3ccccc3)C[C@@H]2N(C)C(=O)C(Cl)Cl)cc1OC. The van der Waals surface area contributed by atoms with Crippen molar-refractivity contribution >= 4 is 34.7 Å². The summed E-state index contributed by atoms with van der Waals surface area (Å²) in [5.74, 6) is 0.932. The molecule has 0 saturated carbocycles. The third kappa shape index (κ3) is 5.73. The van der Waals surface area contributed by atoms with Crippen LogP contribution in [0.25, 0.3) is 5.57 Å². The Bertz CT molecular complexity index is 917. The van der Waals surface area contributed by atoms with E-state index in [1.54, 1.807) is 26.2 Å². The number of hydrogen-bond donors (Lipinski definition) is 0. The third-order valence-electron chi connectivity index (χ3n) is 5.49. The first-order chi connectivity index (χ1) is 14.9. The maximum atomic E-state index is 12.6. The number of hydrogen-bond acceptors (Lipinski definition) is 4. The van der Waals surface area contributed by atoms with Crippen molar-refractivity contribution in [1.82, 2.24) is 4.90 Å². The minimum Gasteiger partial charge on any atom is -0.493 e. The van der Waals surface area contributed by atoms with Gasteiger partial charge in [0.1, 0.15) is 0 Å². The van der Waals surface area contributed by atoms with E-state index < -0.39 is 4.84 Å². The second-order valence-electron chi connectivity index (χ2n) is 7.38. The quantitative estimate of drug-likeness (QED) is 0.511. The van der Waals surface area contributed by atoms with Gasteiger partial charge in [0.05, 0.1) is 33.0 Å². The van der Waals surface area contributed by atoms with Crippen molar-refractivity contribution in [1.29, 1.82) is 0 Å². The minimum absolute atomic E-state index is 0.0338. The Balaban J connectivity index is 1.86. The van der Waals surface area contributed by atoms with Crippen molar-refractivity contribution in [2.24, 2.45) is 0 Å². The van der Waals surface area contributed by atoms with Crippen molar-refractivity contribution in [3.63, 3.8) is 0 Å². The van der Waals surface area contributed by atoms with E-state index in [2.05, 4.69) is 6.08 Å². The fourth-order valence-electron chi connectivity index (χ4n) is 3.79. The van der Waals surface area contributed by atoms with Crippen LogP contribution in [0.3, 0.4) is 0 Å². The predicted molar refractivity (Wildman–Crippen MR) is 124 cm³/mol. The van der Waals surface area contributed by atoms with Gasteiger partial charge in [-0.25, -0.2) is 0 Å². The molecule has 31 heavy (non-hydrogen) atoms. The zero-order chi connectivity index (χ0) is 22.4. The molecule has 0 unspecified atom stereocenters. The lowest BCUT2D eigenvalue weighted by atomic mass is 9.86. The topological polar surface area (TPSA) is 48.0 Å². The summed E-state index contributed by atoms with van der Waals surface area (Å²) in [6, 6.07) is 15.5. The van der Waals surface area contributed by atoms with Crippen molar-refractivity contribution in [3.05, 3.63) is 65.7 Å². The maximum absolute atomic E-state index is 12.6. The van der Waals surface area contributed by atoms with E-state index in [9.17, 15) is 4.79 Å². The molecule has 0 N–H and O–H groups in total. The van der Waals surface area contributed by atoms with E-state index in [1.165, 1.54) is 0 Å². The number of ether oxygens (including phenoxy) is 3. The lowest BCUT2D eigenvalue weighted by Gasteiger charge is -2.36. The lowest BCUT2D eigenvalue weighted by molar-refractivity contribution is -0.129. The van der Waals surface area contributed by atoms with Gasteiger partial charge in [-0.3, -0.25) is 4.79 Å². The first kappa shape index (κ1) is 23.5. The molecular weight excluding hydrogens is 437 g/mol. The minimum atomic E-state index is -1.12. The number of nitrogens with zero attached hydrogens (tertiary/aromatic N) is 1. The summed E-state index contributed by atoms with van der Waals surface area (Å²) < 4.78 is 17.0. The highest BCUT2D eigenvalue weighted by Crippen LogP contribution is 2.37. The van der Waals surface area contributed by atoms with Gasteiger partial charge >= 0.3 is 0 Å². The predicted octanol–water partition coefficient (Wildman–Crippen LogP) is 5.10. The van der Waals surface area contributed by atoms with Gasteiger partial charge in [0.15, 0.2) is 16.3 Å². The van der Waals surface area contributed by atoms with Crippen LogP contribution < -0.4 is 9.47 Å². The molecule has 3 rings (SSSR count). The van der Waals surface area contributed by atoms with Crippen molar-refractivity contribution in [3.8, 4) is 11.5 Å². The molecule has 0 fully saturated rings. The second-order valence-corrected chi connectivity index (χ2v) is 8.48. The Morgan fingerprint density at radius 1 is 1.10 bits per heavy atom. The lowest BCUT2D eigenvalue weighted by Crippen LogP contribution is -2.44. The molecule has 2 aromatic rings. The fraction of sp³-hybridized carbons (Fsp3) is 0.375. The Morgan fingerprint density at radius 2 is 1.81 bits per heavy atom. The average molecular weight is 464 g/mol. The third-order valence-corrected chi connectivity index (χ3v) is 5.87. The molecule has 2 atom stereocenters. The molecule has 1 aliphatic rings. The van der Waals surface area contributed by atoms with Gasteiger partial charge < -0.3 is 19.1 Å². The van der Waals surface area contributed by atoms with Crippen LogP contribution in [0.4, 0.5) is 0 Å². The molecule has 1 aliphatic carbocycles. The zero-order valence-corrected chi connectivity index (χ0v) is 19.4. The van der Waals surface area contributed by atoms with E-state index in [-0.39, 0.29) is 18.1 Å². The number of halogens is 2. The van der Waals surface area contributed by atoms with Gasteiger partial charge in [-0.1, -0.05) is 65.7 Å². The molecule has 0 heterocycles. The molecule has 1 amide bonds. The highest BCUT2D eigenvalue weighted by Gasteiger charge is 2.33. The summed E-state index contributed by atoms with van der Waals surface area (Å²) >= 11 is 11.8. The van der Waals surface area contributed by atoms with Gasteiger partial charge in [-0.2, -0.15) is 0 Å². The molecule has 0 bridgehead atoms. The number of rotatable bonds is 8. The summed E-state index contributed by atoms with van der Waals surface area (Å²) in [6.45, 7) is 0.517. The Morgan fingerprint density at radius 3 is 2.45 bits per heavy atom. The molecule has 5 nitrogen and oxygen atoms in total. The molecular formula is C24H27Cl2NO4. The summed E-state index contributed by atoms with van der Waals surface area (Å²) in [4.78, 5) is 13.1. The first-order valence-electron chi connectivity index (χ1n) is 10.1. The molecule has 0 aromatic heterocycles. The van der Waals surface area contributed by atoms with E-state index in [4.69, 9.17) is 37.4 Å². The van der Waals surface area contributed by atoms with Crippen molar-refractivity contribution in [2.75, 3.05) is 21.3 Å². The molecule has 0 aliphatic heterocycles. The summed E-state index contributed by atoms with van der Waals surface area (Å²) in [5.41, 5.74) is 3.06. The number of carbonyl (C=O) groups is 1.